The van der Waals surface area contributed by atoms with Gasteiger partial charge in [0.1, 0.15) is 18.1 Å². The van der Waals surface area contributed by atoms with Gasteiger partial charge in [-0.05, 0) is 54.8 Å². The van der Waals surface area contributed by atoms with Crippen molar-refractivity contribution in [2.45, 2.75) is 84.7 Å². The quantitative estimate of drug-likeness (QED) is 0.242. The largest absolute Gasteiger partial charge is 0.494 e. The van der Waals surface area contributed by atoms with Crippen LogP contribution in [0.25, 0.3) is 0 Å². The molecule has 176 valence electrons. The number of unbranched alkanes of at least 4 members (excludes halogenated alkanes) is 8. The second kappa shape index (κ2) is 16.2. The number of benzene rings is 1. The molecule has 0 aromatic heterocycles. The van der Waals surface area contributed by atoms with Gasteiger partial charge in [-0.2, -0.15) is 0 Å². The lowest BCUT2D eigenvalue weighted by molar-refractivity contribution is 0.298. The lowest BCUT2D eigenvalue weighted by atomic mass is 10.1. The summed E-state index contributed by atoms with van der Waals surface area (Å²) in [6.07, 6.45) is 12.1. The van der Waals surface area contributed by atoms with E-state index in [0.717, 1.165) is 30.8 Å². The molecule has 0 atom stereocenters. The van der Waals surface area contributed by atoms with Crippen LogP contribution in [-0.4, -0.2) is 13.2 Å². The Balaban J connectivity index is 1.75. The first-order valence-corrected chi connectivity index (χ1v) is 12.3. The van der Waals surface area contributed by atoms with Gasteiger partial charge in [-0.25, -0.2) is 0 Å². The minimum absolute atomic E-state index is 0.147. The van der Waals surface area contributed by atoms with Gasteiger partial charge in [0.05, 0.1) is 13.2 Å². The maximum atomic E-state index is 12.3. The molecule has 2 aromatic carbocycles. The fraction of sp³-hybridized carbons (Fsp3) is 0.536. The van der Waals surface area contributed by atoms with Crippen LogP contribution >= 0.6 is 0 Å². The minimum atomic E-state index is -0.147. The van der Waals surface area contributed by atoms with Crippen molar-refractivity contribution in [3.05, 3.63) is 64.3 Å². The molecule has 0 unspecified atom stereocenters. The minimum Gasteiger partial charge on any atom is -0.494 e. The molecule has 0 spiro atoms. The van der Waals surface area contributed by atoms with Crippen molar-refractivity contribution in [3.63, 3.8) is 0 Å². The molecule has 0 fully saturated rings. The topological polar surface area (TPSA) is 44.8 Å². The highest BCUT2D eigenvalue weighted by Gasteiger charge is 2.02. The van der Waals surface area contributed by atoms with Crippen LogP contribution in [0, 0.1) is 0 Å². The molecule has 0 saturated heterocycles. The van der Waals surface area contributed by atoms with Gasteiger partial charge in [-0.3, -0.25) is 4.79 Å². The van der Waals surface area contributed by atoms with E-state index in [4.69, 9.17) is 14.2 Å². The smallest absolute Gasteiger partial charge is 0.220 e. The summed E-state index contributed by atoms with van der Waals surface area (Å²) in [4.78, 5) is 12.3. The third-order valence-electron chi connectivity index (χ3n) is 5.39. The van der Waals surface area contributed by atoms with Crippen LogP contribution in [0.1, 0.15) is 83.6 Å². The zero-order chi connectivity index (χ0) is 22.9. The molecule has 4 heteroatoms. The molecular weight excluding hydrogens is 400 g/mol. The van der Waals surface area contributed by atoms with Crippen molar-refractivity contribution in [1.82, 2.24) is 0 Å². The lowest BCUT2D eigenvalue weighted by Gasteiger charge is -2.08. The molecule has 0 saturated carbocycles. The normalized spacial score (nSPS) is 10.7. The molecule has 0 heterocycles. The first kappa shape index (κ1) is 25.8. The number of hydrogen-bond donors (Lipinski definition) is 0. The maximum Gasteiger partial charge on any atom is 0.220 e. The van der Waals surface area contributed by atoms with Crippen LogP contribution in [0.15, 0.2) is 53.3 Å². The molecule has 0 N–H and O–H groups in total. The van der Waals surface area contributed by atoms with E-state index in [0.29, 0.717) is 24.7 Å². The Kier molecular flexibility index (Phi) is 13.0. The molecule has 2 aromatic rings. The Morgan fingerprint density at radius 2 is 1.06 bits per heavy atom. The van der Waals surface area contributed by atoms with Crippen molar-refractivity contribution in [2.24, 2.45) is 0 Å². The Morgan fingerprint density at radius 1 is 0.562 bits per heavy atom. The van der Waals surface area contributed by atoms with E-state index in [2.05, 4.69) is 13.8 Å². The molecule has 0 aliphatic rings. The lowest BCUT2D eigenvalue weighted by Crippen LogP contribution is -2.04. The highest BCUT2D eigenvalue weighted by atomic mass is 16.5. The van der Waals surface area contributed by atoms with Crippen molar-refractivity contribution >= 4 is 0 Å². The van der Waals surface area contributed by atoms with Crippen LogP contribution in [0.3, 0.4) is 0 Å². The third-order valence-corrected chi connectivity index (χ3v) is 5.39. The van der Waals surface area contributed by atoms with Gasteiger partial charge in [-0.1, -0.05) is 77.3 Å². The SMILES string of the molecule is CCCCCCCCOc1ccc(OCc2ccc(OCCCCCC)cc2)c(=O)cc1. The highest BCUT2D eigenvalue weighted by Crippen LogP contribution is 2.16. The average Bonchev–Trinajstić information content (AvgIpc) is 2.99. The Hall–Kier alpha value is -2.49. The van der Waals surface area contributed by atoms with Gasteiger partial charge >= 0.3 is 0 Å². The second-order valence-corrected chi connectivity index (χ2v) is 8.26. The van der Waals surface area contributed by atoms with E-state index >= 15 is 0 Å². The summed E-state index contributed by atoms with van der Waals surface area (Å²) in [5.74, 6) is 1.90. The first-order chi connectivity index (χ1) is 15.7. The summed E-state index contributed by atoms with van der Waals surface area (Å²) < 4.78 is 17.4. The van der Waals surface area contributed by atoms with Crippen LogP contribution < -0.4 is 19.6 Å². The van der Waals surface area contributed by atoms with Crippen LogP contribution in [0.5, 0.6) is 17.2 Å². The summed E-state index contributed by atoms with van der Waals surface area (Å²) in [6, 6.07) is 14.6. The Labute approximate surface area is 193 Å². The molecule has 0 radical (unpaired) electrons. The van der Waals surface area contributed by atoms with Gasteiger partial charge < -0.3 is 14.2 Å². The highest BCUT2D eigenvalue weighted by molar-refractivity contribution is 5.30. The van der Waals surface area contributed by atoms with Crippen LogP contribution in [-0.2, 0) is 6.61 Å². The Morgan fingerprint density at radius 3 is 1.69 bits per heavy atom. The molecule has 32 heavy (non-hydrogen) atoms. The summed E-state index contributed by atoms with van der Waals surface area (Å²) in [6.45, 7) is 6.19. The summed E-state index contributed by atoms with van der Waals surface area (Å²) >= 11 is 0. The van der Waals surface area contributed by atoms with Crippen molar-refractivity contribution < 1.29 is 14.2 Å². The molecule has 4 nitrogen and oxygen atoms in total. The number of hydrogen-bond acceptors (Lipinski definition) is 4. The standard InChI is InChI=1S/C28H40O4/c1-3-5-7-9-10-12-22-31-26-17-19-27(29)28(20-18-26)32-23-24-13-15-25(16-14-24)30-21-11-8-6-4-2/h13-20H,3-12,21-23H2,1-2H3. The summed E-state index contributed by atoms with van der Waals surface area (Å²) in [7, 11) is 0. The predicted molar refractivity (Wildman–Crippen MR) is 132 cm³/mol. The van der Waals surface area contributed by atoms with Crippen LogP contribution in [0.2, 0.25) is 0 Å². The van der Waals surface area contributed by atoms with E-state index in [9.17, 15) is 4.79 Å². The summed E-state index contributed by atoms with van der Waals surface area (Å²) in [5.41, 5.74) is 0.847. The monoisotopic (exact) mass is 440 g/mol. The van der Waals surface area contributed by atoms with Gasteiger partial charge in [0, 0.05) is 0 Å². The first-order valence-electron chi connectivity index (χ1n) is 12.3. The van der Waals surface area contributed by atoms with Crippen molar-refractivity contribution in [3.8, 4) is 17.2 Å². The zero-order valence-corrected chi connectivity index (χ0v) is 19.9. The molecule has 0 aliphatic heterocycles. The Bertz CT molecular complexity index is 801. The molecule has 0 aliphatic carbocycles. The molecule has 0 bridgehead atoms. The zero-order valence-electron chi connectivity index (χ0n) is 19.9. The predicted octanol–water partition coefficient (Wildman–Crippen LogP) is 7.32. The van der Waals surface area contributed by atoms with E-state index in [1.54, 1.807) is 12.1 Å². The van der Waals surface area contributed by atoms with Gasteiger partial charge in [-0.15, -0.1) is 0 Å². The molecule has 0 amide bonds. The molecular formula is C28H40O4. The van der Waals surface area contributed by atoms with E-state index in [-0.39, 0.29) is 5.43 Å². The van der Waals surface area contributed by atoms with Crippen molar-refractivity contribution in [2.75, 3.05) is 13.2 Å². The molecule has 2 rings (SSSR count). The van der Waals surface area contributed by atoms with E-state index in [1.165, 1.54) is 57.4 Å². The van der Waals surface area contributed by atoms with E-state index in [1.807, 2.05) is 30.3 Å². The average molecular weight is 441 g/mol. The van der Waals surface area contributed by atoms with Crippen molar-refractivity contribution in [1.29, 1.82) is 0 Å². The number of ether oxygens (including phenoxy) is 3. The number of rotatable bonds is 17. The maximum absolute atomic E-state index is 12.3. The fourth-order valence-corrected chi connectivity index (χ4v) is 3.39. The van der Waals surface area contributed by atoms with E-state index < -0.39 is 0 Å². The van der Waals surface area contributed by atoms with Gasteiger partial charge in [0.25, 0.3) is 0 Å². The third kappa shape index (κ3) is 10.7. The van der Waals surface area contributed by atoms with Gasteiger partial charge in [0.15, 0.2) is 5.75 Å². The van der Waals surface area contributed by atoms with Crippen LogP contribution in [0.4, 0.5) is 0 Å². The second-order valence-electron chi connectivity index (χ2n) is 8.26. The summed E-state index contributed by atoms with van der Waals surface area (Å²) in [5, 5.41) is 0. The van der Waals surface area contributed by atoms with Gasteiger partial charge in [0.2, 0.25) is 5.43 Å². The fourth-order valence-electron chi connectivity index (χ4n) is 3.39.